The lowest BCUT2D eigenvalue weighted by molar-refractivity contribution is -0.113. The molecule has 3 aromatic heterocycles. The fourth-order valence-corrected chi connectivity index (χ4v) is 2.36. The highest BCUT2D eigenvalue weighted by Crippen LogP contribution is 2.16. The minimum Gasteiger partial charge on any atom is -0.467 e. The molecule has 0 saturated carbocycles. The number of amides is 1. The average molecular weight is 320 g/mol. The number of tetrazole rings is 1. The molecule has 0 aliphatic heterocycles. The summed E-state index contributed by atoms with van der Waals surface area (Å²) in [5.74, 6) is 1.69. The van der Waals surface area contributed by atoms with Crippen molar-refractivity contribution in [3.05, 3.63) is 36.0 Å². The number of aromatic nitrogens is 5. The van der Waals surface area contributed by atoms with Gasteiger partial charge >= 0.3 is 0 Å². The first-order chi connectivity index (χ1) is 10.7. The van der Waals surface area contributed by atoms with Crippen molar-refractivity contribution in [2.24, 2.45) is 0 Å². The topological polar surface area (TPSA) is 112 Å². The summed E-state index contributed by atoms with van der Waals surface area (Å²) in [5, 5.41) is 18.2. The van der Waals surface area contributed by atoms with Crippen LogP contribution in [-0.2, 0) is 11.3 Å². The number of aryl methyl sites for hydroxylation is 1. The molecule has 0 bridgehead atoms. The molecule has 0 radical (unpaired) electrons. The summed E-state index contributed by atoms with van der Waals surface area (Å²) in [6, 6.07) is 5.26. The molecule has 0 saturated heterocycles. The lowest BCUT2D eigenvalue weighted by Gasteiger charge is -2.02. The van der Waals surface area contributed by atoms with E-state index in [2.05, 4.69) is 26.0 Å². The summed E-state index contributed by atoms with van der Waals surface area (Å²) in [6.45, 7) is 2.16. The normalized spacial score (nSPS) is 10.8. The van der Waals surface area contributed by atoms with Crippen LogP contribution in [0.25, 0.3) is 0 Å². The summed E-state index contributed by atoms with van der Waals surface area (Å²) in [5.41, 5.74) is 0. The summed E-state index contributed by atoms with van der Waals surface area (Å²) < 4.78 is 11.7. The number of hydrogen-bond acceptors (Lipinski definition) is 8. The zero-order chi connectivity index (χ0) is 15.4. The van der Waals surface area contributed by atoms with Crippen molar-refractivity contribution in [1.29, 1.82) is 0 Å². The summed E-state index contributed by atoms with van der Waals surface area (Å²) in [6.07, 6.45) is 1.58. The van der Waals surface area contributed by atoms with Crippen molar-refractivity contribution in [3.63, 3.8) is 0 Å². The third-order valence-electron chi connectivity index (χ3n) is 2.61. The highest BCUT2D eigenvalue weighted by Gasteiger charge is 2.12. The van der Waals surface area contributed by atoms with Crippen molar-refractivity contribution < 1.29 is 13.7 Å². The Morgan fingerprint density at radius 3 is 3.14 bits per heavy atom. The van der Waals surface area contributed by atoms with Crippen LogP contribution in [0.1, 0.15) is 11.5 Å². The molecule has 0 atom stereocenters. The lowest BCUT2D eigenvalue weighted by Crippen LogP contribution is -2.15. The van der Waals surface area contributed by atoms with E-state index in [1.54, 1.807) is 30.0 Å². The van der Waals surface area contributed by atoms with Crippen LogP contribution in [0.3, 0.4) is 0 Å². The van der Waals surface area contributed by atoms with Crippen molar-refractivity contribution in [2.75, 3.05) is 11.1 Å². The predicted octanol–water partition coefficient (Wildman–Crippen LogP) is 1.34. The van der Waals surface area contributed by atoms with Gasteiger partial charge in [-0.05, 0) is 29.5 Å². The molecule has 10 heteroatoms. The first kappa shape index (κ1) is 14.3. The largest absolute Gasteiger partial charge is 0.467 e. The van der Waals surface area contributed by atoms with E-state index in [1.807, 2.05) is 6.07 Å². The molecule has 3 heterocycles. The Bertz CT molecular complexity index is 751. The van der Waals surface area contributed by atoms with Crippen molar-refractivity contribution in [1.82, 2.24) is 25.4 Å². The van der Waals surface area contributed by atoms with Crippen LogP contribution in [0, 0.1) is 6.92 Å². The zero-order valence-corrected chi connectivity index (χ0v) is 12.4. The average Bonchev–Trinajstić information content (AvgIpc) is 3.21. The quantitative estimate of drug-likeness (QED) is 0.677. The van der Waals surface area contributed by atoms with Gasteiger partial charge in [-0.1, -0.05) is 16.9 Å². The molecule has 3 rings (SSSR count). The van der Waals surface area contributed by atoms with Crippen molar-refractivity contribution >= 4 is 23.5 Å². The van der Waals surface area contributed by atoms with Gasteiger partial charge in [-0.3, -0.25) is 4.79 Å². The predicted molar refractivity (Wildman–Crippen MR) is 76.2 cm³/mol. The maximum absolute atomic E-state index is 11.8. The van der Waals surface area contributed by atoms with Crippen LogP contribution in [0.4, 0.5) is 5.82 Å². The van der Waals surface area contributed by atoms with E-state index >= 15 is 0 Å². The van der Waals surface area contributed by atoms with Gasteiger partial charge in [0.2, 0.25) is 11.1 Å². The molecule has 0 unspecified atom stereocenters. The van der Waals surface area contributed by atoms with Gasteiger partial charge in [0.05, 0.1) is 12.0 Å². The first-order valence-corrected chi connectivity index (χ1v) is 7.34. The van der Waals surface area contributed by atoms with E-state index in [-0.39, 0.29) is 11.7 Å². The summed E-state index contributed by atoms with van der Waals surface area (Å²) in [4.78, 5) is 11.8. The number of anilines is 1. The second-order valence-corrected chi connectivity index (χ2v) is 5.30. The number of furan rings is 1. The second kappa shape index (κ2) is 6.43. The molecule has 0 aliphatic carbocycles. The molecule has 3 aromatic rings. The number of thioether (sulfide) groups is 1. The first-order valence-electron chi connectivity index (χ1n) is 6.35. The van der Waals surface area contributed by atoms with Crippen LogP contribution in [-0.4, -0.2) is 37.0 Å². The SMILES string of the molecule is Cc1cc(NC(=O)CSc2nnnn2Cc2ccco2)no1. The van der Waals surface area contributed by atoms with Gasteiger partial charge in [0, 0.05) is 6.07 Å². The number of carbonyl (C=O) groups excluding carboxylic acids is 1. The lowest BCUT2D eigenvalue weighted by atomic mass is 10.4. The molecule has 0 aromatic carbocycles. The van der Waals surface area contributed by atoms with Gasteiger partial charge in [-0.25, -0.2) is 4.68 Å². The standard InChI is InChI=1S/C12H12N6O3S/c1-8-5-10(15-21-8)13-11(19)7-22-12-14-16-17-18(12)6-9-3-2-4-20-9/h2-5H,6-7H2,1H3,(H,13,15,19). The third-order valence-corrected chi connectivity index (χ3v) is 3.57. The molecular weight excluding hydrogens is 308 g/mol. The van der Waals surface area contributed by atoms with Gasteiger partial charge < -0.3 is 14.3 Å². The number of nitrogens with one attached hydrogen (secondary N) is 1. The summed E-state index contributed by atoms with van der Waals surface area (Å²) >= 11 is 1.22. The maximum Gasteiger partial charge on any atom is 0.236 e. The van der Waals surface area contributed by atoms with Gasteiger partial charge in [0.25, 0.3) is 0 Å². The third kappa shape index (κ3) is 3.52. The van der Waals surface area contributed by atoms with Crippen LogP contribution in [0.5, 0.6) is 0 Å². The smallest absolute Gasteiger partial charge is 0.236 e. The Kier molecular flexibility index (Phi) is 4.19. The molecule has 0 aliphatic rings. The zero-order valence-electron chi connectivity index (χ0n) is 11.6. The molecular formula is C12H12N6O3S. The Hall–Kier alpha value is -2.62. The summed E-state index contributed by atoms with van der Waals surface area (Å²) in [7, 11) is 0. The Morgan fingerprint density at radius 1 is 1.50 bits per heavy atom. The van der Waals surface area contributed by atoms with E-state index in [0.717, 1.165) is 5.76 Å². The second-order valence-electron chi connectivity index (χ2n) is 4.36. The highest BCUT2D eigenvalue weighted by molar-refractivity contribution is 7.99. The molecule has 114 valence electrons. The van der Waals surface area contributed by atoms with Crippen LogP contribution >= 0.6 is 11.8 Å². The minimum atomic E-state index is -0.217. The molecule has 1 N–H and O–H groups in total. The molecule has 22 heavy (non-hydrogen) atoms. The maximum atomic E-state index is 11.8. The number of hydrogen-bond donors (Lipinski definition) is 1. The van der Waals surface area contributed by atoms with Gasteiger partial charge in [0.15, 0.2) is 5.82 Å². The van der Waals surface area contributed by atoms with E-state index < -0.39 is 0 Å². The Morgan fingerprint density at radius 2 is 2.41 bits per heavy atom. The van der Waals surface area contributed by atoms with Crippen LogP contribution in [0.2, 0.25) is 0 Å². The van der Waals surface area contributed by atoms with E-state index in [0.29, 0.717) is 23.3 Å². The van der Waals surface area contributed by atoms with Crippen molar-refractivity contribution in [2.45, 2.75) is 18.6 Å². The van der Waals surface area contributed by atoms with Gasteiger partial charge in [0.1, 0.15) is 18.1 Å². The minimum absolute atomic E-state index is 0.157. The van der Waals surface area contributed by atoms with Gasteiger partial charge in [-0.15, -0.1) is 5.10 Å². The Balaban J connectivity index is 1.55. The van der Waals surface area contributed by atoms with E-state index in [4.69, 9.17) is 8.94 Å². The van der Waals surface area contributed by atoms with Crippen LogP contribution < -0.4 is 5.32 Å². The number of nitrogens with zero attached hydrogens (tertiary/aromatic N) is 5. The number of carbonyl (C=O) groups is 1. The fraction of sp³-hybridized carbons (Fsp3) is 0.250. The van der Waals surface area contributed by atoms with E-state index in [9.17, 15) is 4.79 Å². The Labute approximate surface area is 129 Å². The molecule has 9 nitrogen and oxygen atoms in total. The molecule has 1 amide bonds. The monoisotopic (exact) mass is 320 g/mol. The van der Waals surface area contributed by atoms with Crippen LogP contribution in [0.15, 0.2) is 38.6 Å². The van der Waals surface area contributed by atoms with Crippen molar-refractivity contribution in [3.8, 4) is 0 Å². The molecule has 0 spiro atoms. The number of rotatable bonds is 6. The van der Waals surface area contributed by atoms with Gasteiger partial charge in [-0.2, -0.15) is 0 Å². The fourth-order valence-electron chi connectivity index (χ4n) is 1.68. The molecule has 0 fully saturated rings. The highest BCUT2D eigenvalue weighted by atomic mass is 32.2. The van der Waals surface area contributed by atoms with E-state index in [1.165, 1.54) is 11.8 Å².